The van der Waals surface area contributed by atoms with Gasteiger partial charge in [-0.15, -0.1) is 0 Å². The molecule has 0 saturated carbocycles. The molecule has 2 atom stereocenters. The van der Waals surface area contributed by atoms with Crippen LogP contribution in [0.25, 0.3) is 11.1 Å². The van der Waals surface area contributed by atoms with Gasteiger partial charge in [0.15, 0.2) is 0 Å². The molecule has 0 aromatic heterocycles. The fourth-order valence-corrected chi connectivity index (χ4v) is 5.18. The molecule has 2 N–H and O–H groups in total. The smallest absolute Gasteiger partial charge is 0.408 e. The monoisotopic (exact) mass is 534 g/mol. The molecule has 0 heterocycles. The van der Waals surface area contributed by atoms with Crippen LogP contribution in [-0.2, 0) is 32.1 Å². The van der Waals surface area contributed by atoms with E-state index in [9.17, 15) is 14.4 Å². The van der Waals surface area contributed by atoms with Crippen molar-refractivity contribution in [3.63, 3.8) is 0 Å². The Bertz CT molecular complexity index is 1440. The average molecular weight is 535 g/mol. The van der Waals surface area contributed by atoms with E-state index in [1.54, 1.807) is 0 Å². The number of hydrogen-bond donors (Lipinski definition) is 2. The van der Waals surface area contributed by atoms with Crippen molar-refractivity contribution in [3.05, 3.63) is 131 Å². The van der Waals surface area contributed by atoms with E-state index in [2.05, 4.69) is 10.6 Å². The van der Waals surface area contributed by atoms with E-state index in [4.69, 9.17) is 9.47 Å². The Balaban J connectivity index is 1.40. The molecule has 4 aromatic carbocycles. The van der Waals surface area contributed by atoms with Gasteiger partial charge in [0.1, 0.15) is 18.7 Å². The van der Waals surface area contributed by atoms with Crippen LogP contribution in [0.3, 0.4) is 0 Å². The highest BCUT2D eigenvalue weighted by Crippen LogP contribution is 2.46. The number of rotatable bonds is 9. The minimum absolute atomic E-state index is 0.0623. The Morgan fingerprint density at radius 3 is 1.80 bits per heavy atom. The summed E-state index contributed by atoms with van der Waals surface area (Å²) in [5, 5.41) is 5.61. The predicted octanol–water partition coefficient (Wildman–Crippen LogP) is 4.99. The lowest BCUT2D eigenvalue weighted by atomic mass is 9.89. The number of methoxy groups -OCH3 is 1. The standard InChI is InChI=1S/C33H30N2O5/c1-39-32(37)30(29-26-18-10-8-16-24(26)25-17-9-11-19-27(25)29)35-31(36)28(20-22-12-4-2-5-13-22)34-33(38)40-21-23-14-6-3-7-15-23/h2-19,28-30H,20-21H2,1H3,(H,34,38)(H,35,36)/t28-,30-/m0/s1. The highest BCUT2D eigenvalue weighted by Gasteiger charge is 2.40. The van der Waals surface area contributed by atoms with Crippen molar-refractivity contribution in [1.82, 2.24) is 10.6 Å². The molecule has 0 bridgehead atoms. The number of nitrogens with one attached hydrogen (secondary N) is 2. The van der Waals surface area contributed by atoms with E-state index in [1.165, 1.54) is 7.11 Å². The first-order valence-corrected chi connectivity index (χ1v) is 13.1. The van der Waals surface area contributed by atoms with Crippen molar-refractivity contribution in [2.45, 2.75) is 31.0 Å². The first-order valence-electron chi connectivity index (χ1n) is 13.1. The minimum atomic E-state index is -1.01. The maximum atomic E-state index is 13.8. The Hall–Kier alpha value is -4.91. The first kappa shape index (κ1) is 26.7. The fourth-order valence-electron chi connectivity index (χ4n) is 5.18. The molecular weight excluding hydrogens is 504 g/mol. The molecule has 0 radical (unpaired) electrons. The lowest BCUT2D eigenvalue weighted by molar-refractivity contribution is -0.145. The normalized spacial score (nSPS) is 13.3. The van der Waals surface area contributed by atoms with Gasteiger partial charge in [0.05, 0.1) is 7.11 Å². The molecule has 202 valence electrons. The summed E-state index contributed by atoms with van der Waals surface area (Å²) in [6.45, 7) is 0.0623. The van der Waals surface area contributed by atoms with Crippen molar-refractivity contribution in [2.24, 2.45) is 0 Å². The molecule has 0 unspecified atom stereocenters. The third kappa shape index (κ3) is 5.89. The van der Waals surface area contributed by atoms with Gasteiger partial charge in [0, 0.05) is 12.3 Å². The number of fused-ring (bicyclic) bond motifs is 3. The van der Waals surface area contributed by atoms with Gasteiger partial charge < -0.3 is 20.1 Å². The maximum absolute atomic E-state index is 13.8. The first-order chi connectivity index (χ1) is 19.5. The largest absolute Gasteiger partial charge is 0.467 e. The van der Waals surface area contributed by atoms with Gasteiger partial charge in [0.25, 0.3) is 0 Å². The van der Waals surface area contributed by atoms with Crippen LogP contribution in [0, 0.1) is 0 Å². The number of ether oxygens (including phenoxy) is 2. The van der Waals surface area contributed by atoms with Crippen molar-refractivity contribution in [1.29, 1.82) is 0 Å². The Kier molecular flexibility index (Phi) is 8.21. The van der Waals surface area contributed by atoms with E-state index in [-0.39, 0.29) is 13.0 Å². The zero-order valence-electron chi connectivity index (χ0n) is 22.1. The average Bonchev–Trinajstić information content (AvgIpc) is 3.33. The number of benzene rings is 4. The molecule has 4 aromatic rings. The van der Waals surface area contributed by atoms with Gasteiger partial charge in [0.2, 0.25) is 5.91 Å². The Labute approximate surface area is 233 Å². The summed E-state index contributed by atoms with van der Waals surface area (Å²) in [5.41, 5.74) is 5.54. The molecule has 7 nitrogen and oxygen atoms in total. The van der Waals surface area contributed by atoms with Crippen molar-refractivity contribution in [3.8, 4) is 11.1 Å². The Morgan fingerprint density at radius 2 is 1.23 bits per heavy atom. The number of alkyl carbamates (subject to hydrolysis) is 1. The van der Waals surface area contributed by atoms with Gasteiger partial charge in [-0.1, -0.05) is 109 Å². The van der Waals surface area contributed by atoms with E-state index >= 15 is 0 Å². The number of carbonyl (C=O) groups is 3. The van der Waals surface area contributed by atoms with Crippen molar-refractivity contribution in [2.75, 3.05) is 7.11 Å². The Morgan fingerprint density at radius 1 is 0.700 bits per heavy atom. The number of hydrogen-bond acceptors (Lipinski definition) is 5. The second-order valence-electron chi connectivity index (χ2n) is 9.61. The van der Waals surface area contributed by atoms with E-state index in [0.717, 1.165) is 33.4 Å². The highest BCUT2D eigenvalue weighted by atomic mass is 16.5. The van der Waals surface area contributed by atoms with Crippen LogP contribution in [0.2, 0.25) is 0 Å². The van der Waals surface area contributed by atoms with Crippen LogP contribution in [0.5, 0.6) is 0 Å². The van der Waals surface area contributed by atoms with Crippen LogP contribution in [0.4, 0.5) is 4.79 Å². The third-order valence-corrected chi connectivity index (χ3v) is 7.07. The molecule has 1 aliphatic carbocycles. The molecule has 1 aliphatic rings. The van der Waals surface area contributed by atoms with Crippen LogP contribution in [0.1, 0.15) is 28.2 Å². The van der Waals surface area contributed by atoms with Crippen molar-refractivity contribution < 1.29 is 23.9 Å². The van der Waals surface area contributed by atoms with Crippen molar-refractivity contribution >= 4 is 18.0 Å². The number of carbonyl (C=O) groups excluding carboxylic acids is 3. The zero-order valence-corrected chi connectivity index (χ0v) is 22.1. The summed E-state index contributed by atoms with van der Waals surface area (Å²) in [5.74, 6) is -1.54. The number of amides is 2. The third-order valence-electron chi connectivity index (χ3n) is 7.07. The zero-order chi connectivity index (χ0) is 27.9. The summed E-state index contributed by atoms with van der Waals surface area (Å²) in [7, 11) is 1.30. The fraction of sp³-hybridized carbons (Fsp3) is 0.182. The topological polar surface area (TPSA) is 93.7 Å². The lowest BCUT2D eigenvalue weighted by Gasteiger charge is -2.27. The predicted molar refractivity (Wildman–Crippen MR) is 151 cm³/mol. The number of esters is 1. The molecule has 0 saturated heterocycles. The quantitative estimate of drug-likeness (QED) is 0.295. The van der Waals surface area contributed by atoms with E-state index in [0.29, 0.717) is 0 Å². The van der Waals surface area contributed by atoms with Gasteiger partial charge in [-0.05, 0) is 33.4 Å². The summed E-state index contributed by atoms with van der Waals surface area (Å²) in [6.07, 6.45) is -0.523. The van der Waals surface area contributed by atoms with Gasteiger partial charge >= 0.3 is 12.1 Å². The van der Waals surface area contributed by atoms with Gasteiger partial charge in [-0.3, -0.25) is 4.79 Å². The molecule has 40 heavy (non-hydrogen) atoms. The maximum Gasteiger partial charge on any atom is 0.408 e. The summed E-state index contributed by atoms with van der Waals surface area (Å²) in [6, 6.07) is 32.3. The lowest BCUT2D eigenvalue weighted by Crippen LogP contribution is -2.54. The summed E-state index contributed by atoms with van der Waals surface area (Å²) in [4.78, 5) is 39.7. The summed E-state index contributed by atoms with van der Waals surface area (Å²) < 4.78 is 10.5. The second kappa shape index (κ2) is 12.3. The molecule has 5 rings (SSSR count). The molecule has 0 fully saturated rings. The molecule has 0 spiro atoms. The molecule has 7 heteroatoms. The van der Waals surface area contributed by atoms with Crippen LogP contribution < -0.4 is 10.6 Å². The van der Waals surface area contributed by atoms with Crippen LogP contribution in [0.15, 0.2) is 109 Å². The molecule has 2 amide bonds. The minimum Gasteiger partial charge on any atom is -0.467 e. The van der Waals surface area contributed by atoms with Gasteiger partial charge in [-0.25, -0.2) is 9.59 Å². The van der Waals surface area contributed by atoms with E-state index < -0.39 is 36.0 Å². The SMILES string of the molecule is COC(=O)[C@@H](NC(=O)[C@H](Cc1ccccc1)NC(=O)OCc1ccccc1)C1c2ccccc2-c2ccccc21. The van der Waals surface area contributed by atoms with Gasteiger partial charge in [-0.2, -0.15) is 0 Å². The molecule has 0 aliphatic heterocycles. The molecular formula is C33H30N2O5. The highest BCUT2D eigenvalue weighted by molar-refractivity contribution is 5.92. The van der Waals surface area contributed by atoms with Crippen LogP contribution >= 0.6 is 0 Å². The second-order valence-corrected chi connectivity index (χ2v) is 9.61. The van der Waals surface area contributed by atoms with Crippen LogP contribution in [-0.4, -0.2) is 37.2 Å². The summed E-state index contributed by atoms with van der Waals surface area (Å²) >= 11 is 0. The van der Waals surface area contributed by atoms with E-state index in [1.807, 2.05) is 109 Å².